The summed E-state index contributed by atoms with van der Waals surface area (Å²) in [6.07, 6.45) is -2.31. The number of rotatable bonds is 3. The van der Waals surface area contributed by atoms with Crippen LogP contribution in [0, 0.1) is 5.92 Å². The molecule has 0 unspecified atom stereocenters. The third-order valence-electron chi connectivity index (χ3n) is 3.60. The van der Waals surface area contributed by atoms with E-state index in [4.69, 9.17) is 0 Å². The number of carbonyl (C=O) groups excluding carboxylic acids is 1. The maximum Gasteiger partial charge on any atom is 0.411 e. The molecule has 0 spiro atoms. The predicted octanol–water partition coefficient (Wildman–Crippen LogP) is 1.59. The molecule has 1 heterocycles. The van der Waals surface area contributed by atoms with Gasteiger partial charge in [0.05, 0.1) is 0 Å². The number of nitrogens with one attached hydrogen (secondary N) is 2. The van der Waals surface area contributed by atoms with Crippen LogP contribution in [0.2, 0.25) is 0 Å². The molecular formula is C11H17F3N2O. The van der Waals surface area contributed by atoms with Crippen molar-refractivity contribution in [1.82, 2.24) is 10.6 Å². The molecule has 1 aliphatic heterocycles. The summed E-state index contributed by atoms with van der Waals surface area (Å²) in [5.41, 5.74) is -1.91. The molecule has 1 saturated heterocycles. The van der Waals surface area contributed by atoms with Crippen LogP contribution < -0.4 is 10.6 Å². The first-order valence-corrected chi connectivity index (χ1v) is 6.01. The predicted molar refractivity (Wildman–Crippen MR) is 56.4 cm³/mol. The van der Waals surface area contributed by atoms with Crippen LogP contribution in [0.5, 0.6) is 0 Å². The molecule has 0 bridgehead atoms. The van der Waals surface area contributed by atoms with Gasteiger partial charge in [-0.2, -0.15) is 13.2 Å². The van der Waals surface area contributed by atoms with Crippen molar-refractivity contribution in [1.29, 1.82) is 0 Å². The lowest BCUT2D eigenvalue weighted by Crippen LogP contribution is -2.48. The number of halogens is 3. The van der Waals surface area contributed by atoms with Gasteiger partial charge in [-0.25, -0.2) is 0 Å². The first kappa shape index (κ1) is 12.7. The Morgan fingerprint density at radius 1 is 1.29 bits per heavy atom. The van der Waals surface area contributed by atoms with Gasteiger partial charge < -0.3 is 10.6 Å². The number of hydrogen-bond acceptors (Lipinski definition) is 2. The van der Waals surface area contributed by atoms with E-state index in [2.05, 4.69) is 10.6 Å². The maximum atomic E-state index is 12.6. The first-order valence-electron chi connectivity index (χ1n) is 6.01. The molecule has 6 heteroatoms. The summed E-state index contributed by atoms with van der Waals surface area (Å²) in [5.74, 6) is -0.230. The van der Waals surface area contributed by atoms with Crippen LogP contribution >= 0.6 is 0 Å². The molecule has 98 valence electrons. The largest absolute Gasteiger partial charge is 0.411 e. The summed E-state index contributed by atoms with van der Waals surface area (Å²) in [7, 11) is 0. The zero-order chi connectivity index (χ0) is 12.5. The molecular weight excluding hydrogens is 233 g/mol. The summed E-state index contributed by atoms with van der Waals surface area (Å²) in [4.78, 5) is 11.6. The second-order valence-corrected chi connectivity index (χ2v) is 5.03. The summed E-state index contributed by atoms with van der Waals surface area (Å²) in [5, 5.41) is 5.33. The Bertz CT molecular complexity index is 294. The Hall–Kier alpha value is -0.780. The van der Waals surface area contributed by atoms with Gasteiger partial charge in [0, 0.05) is 6.42 Å². The average Bonchev–Trinajstić information content (AvgIpc) is 2.99. The van der Waals surface area contributed by atoms with E-state index < -0.39 is 17.6 Å². The normalized spacial score (nSPS) is 24.4. The quantitative estimate of drug-likeness (QED) is 0.798. The van der Waals surface area contributed by atoms with Crippen LogP contribution in [0.1, 0.15) is 32.1 Å². The number of alkyl halides is 3. The Morgan fingerprint density at radius 2 is 1.88 bits per heavy atom. The second-order valence-electron chi connectivity index (χ2n) is 5.03. The zero-order valence-corrected chi connectivity index (χ0v) is 9.57. The fraction of sp³-hybridized carbons (Fsp3) is 0.909. The lowest BCUT2D eigenvalue weighted by atomic mass is 9.94. The molecule has 3 nitrogen and oxygen atoms in total. The van der Waals surface area contributed by atoms with Gasteiger partial charge in [-0.3, -0.25) is 4.79 Å². The zero-order valence-electron chi connectivity index (χ0n) is 9.57. The maximum absolute atomic E-state index is 12.6. The fourth-order valence-electron chi connectivity index (χ4n) is 2.27. The monoisotopic (exact) mass is 250 g/mol. The molecule has 2 aliphatic rings. The molecule has 0 atom stereocenters. The highest BCUT2D eigenvalue weighted by molar-refractivity contribution is 5.77. The Balaban J connectivity index is 1.81. The highest BCUT2D eigenvalue weighted by Crippen LogP contribution is 2.49. The molecule has 2 rings (SSSR count). The third kappa shape index (κ3) is 2.91. The summed E-state index contributed by atoms with van der Waals surface area (Å²) < 4.78 is 37.8. The van der Waals surface area contributed by atoms with E-state index in [9.17, 15) is 18.0 Å². The number of piperidine rings is 1. The summed E-state index contributed by atoms with van der Waals surface area (Å²) in [6.45, 7) is 1.70. The lowest BCUT2D eigenvalue weighted by molar-refractivity contribution is -0.170. The van der Waals surface area contributed by atoms with E-state index in [0.717, 1.165) is 25.9 Å². The highest BCUT2D eigenvalue weighted by Gasteiger charge is 2.64. The molecule has 0 aromatic carbocycles. The molecule has 1 amide bonds. The van der Waals surface area contributed by atoms with Crippen LogP contribution in [0.15, 0.2) is 0 Å². The Morgan fingerprint density at radius 3 is 2.35 bits per heavy atom. The SMILES string of the molecule is O=C(CC1CCNCC1)NC1(C(F)(F)F)CC1. The van der Waals surface area contributed by atoms with Crippen LogP contribution in [-0.2, 0) is 4.79 Å². The van der Waals surface area contributed by atoms with Crippen LogP contribution in [0.3, 0.4) is 0 Å². The molecule has 0 aromatic rings. The van der Waals surface area contributed by atoms with E-state index in [1.54, 1.807) is 0 Å². The van der Waals surface area contributed by atoms with Gasteiger partial charge in [-0.05, 0) is 44.7 Å². The van der Waals surface area contributed by atoms with Crippen LogP contribution in [0.25, 0.3) is 0 Å². The van der Waals surface area contributed by atoms with Gasteiger partial charge in [0.2, 0.25) is 5.91 Å². The van der Waals surface area contributed by atoms with Crippen molar-refractivity contribution in [3.8, 4) is 0 Å². The van der Waals surface area contributed by atoms with E-state index in [1.165, 1.54) is 0 Å². The molecule has 0 aromatic heterocycles. The highest BCUT2D eigenvalue weighted by atomic mass is 19.4. The van der Waals surface area contributed by atoms with E-state index in [-0.39, 0.29) is 25.2 Å². The lowest BCUT2D eigenvalue weighted by Gasteiger charge is -2.25. The fourth-order valence-corrected chi connectivity index (χ4v) is 2.27. The Kier molecular flexibility index (Phi) is 3.34. The van der Waals surface area contributed by atoms with Gasteiger partial charge in [-0.15, -0.1) is 0 Å². The summed E-state index contributed by atoms with van der Waals surface area (Å²) >= 11 is 0. The first-order chi connectivity index (χ1) is 7.93. The number of amides is 1. The molecule has 17 heavy (non-hydrogen) atoms. The van der Waals surface area contributed by atoms with Gasteiger partial charge in [0.1, 0.15) is 5.54 Å². The van der Waals surface area contributed by atoms with E-state index in [0.29, 0.717) is 0 Å². The van der Waals surface area contributed by atoms with Crippen LogP contribution in [-0.4, -0.2) is 30.7 Å². The van der Waals surface area contributed by atoms with Gasteiger partial charge in [0.25, 0.3) is 0 Å². The molecule has 1 saturated carbocycles. The van der Waals surface area contributed by atoms with Gasteiger partial charge in [0.15, 0.2) is 0 Å². The van der Waals surface area contributed by atoms with Crippen molar-refractivity contribution in [2.75, 3.05) is 13.1 Å². The number of carbonyl (C=O) groups is 1. The van der Waals surface area contributed by atoms with Crippen molar-refractivity contribution in [2.45, 2.75) is 43.8 Å². The summed E-state index contributed by atoms with van der Waals surface area (Å²) in [6, 6.07) is 0. The minimum absolute atomic E-state index is 0.0223. The molecule has 2 fully saturated rings. The van der Waals surface area contributed by atoms with E-state index >= 15 is 0 Å². The minimum atomic E-state index is -4.31. The number of hydrogen-bond donors (Lipinski definition) is 2. The van der Waals surface area contributed by atoms with Gasteiger partial charge in [-0.1, -0.05) is 0 Å². The van der Waals surface area contributed by atoms with Crippen molar-refractivity contribution < 1.29 is 18.0 Å². The Labute approximate surface area is 98.1 Å². The molecule has 1 aliphatic carbocycles. The third-order valence-corrected chi connectivity index (χ3v) is 3.60. The average molecular weight is 250 g/mol. The van der Waals surface area contributed by atoms with Crippen LogP contribution in [0.4, 0.5) is 13.2 Å². The van der Waals surface area contributed by atoms with Crippen molar-refractivity contribution in [3.05, 3.63) is 0 Å². The van der Waals surface area contributed by atoms with Crippen molar-refractivity contribution in [2.24, 2.45) is 5.92 Å². The standard InChI is InChI=1S/C11H17F3N2O/c12-11(13,14)10(3-4-10)16-9(17)7-8-1-5-15-6-2-8/h8,15H,1-7H2,(H,16,17). The molecule has 0 radical (unpaired) electrons. The smallest absolute Gasteiger partial charge is 0.342 e. The minimum Gasteiger partial charge on any atom is -0.342 e. The molecule has 2 N–H and O–H groups in total. The van der Waals surface area contributed by atoms with Gasteiger partial charge >= 0.3 is 6.18 Å². The van der Waals surface area contributed by atoms with E-state index in [1.807, 2.05) is 0 Å². The van der Waals surface area contributed by atoms with Crippen molar-refractivity contribution >= 4 is 5.91 Å². The topological polar surface area (TPSA) is 41.1 Å². The second kappa shape index (κ2) is 4.48. The van der Waals surface area contributed by atoms with Crippen molar-refractivity contribution in [3.63, 3.8) is 0 Å².